The number of fused-ring (bicyclic) bond motifs is 5. The minimum Gasteiger partial charge on any atom is -0.261 e. The highest BCUT2D eigenvalue weighted by Gasteiger charge is 2.72. The molecule has 0 N–H and O–H groups in total. The average molecular weight is 622 g/mol. The Balaban J connectivity index is 1.76. The van der Waals surface area contributed by atoms with Crippen LogP contribution in [0.4, 0.5) is 22.7 Å². The average Bonchev–Trinajstić information content (AvgIpc) is 3.42. The van der Waals surface area contributed by atoms with E-state index < -0.39 is 8.02 Å². The topological polar surface area (TPSA) is 24.9 Å². The van der Waals surface area contributed by atoms with Gasteiger partial charge in [-0.15, -0.1) is 9.34 Å². The van der Waals surface area contributed by atoms with Crippen LogP contribution in [0.25, 0.3) is 0 Å². The molecule has 0 saturated carbocycles. The molecule has 6 rings (SSSR count). The van der Waals surface area contributed by atoms with Gasteiger partial charge >= 0.3 is 8.02 Å². The van der Waals surface area contributed by atoms with E-state index in [1.54, 1.807) is 0 Å². The second-order valence-electron chi connectivity index (χ2n) is 16.7. The molecule has 0 bridgehead atoms. The van der Waals surface area contributed by atoms with Crippen molar-refractivity contribution in [3.05, 3.63) is 107 Å². The normalized spacial score (nSPS) is 15.6. The van der Waals surface area contributed by atoms with Gasteiger partial charge in [-0.25, -0.2) is 0 Å². The lowest BCUT2D eigenvalue weighted by molar-refractivity contribution is 0.459. The molecule has 0 spiro atoms. The Morgan fingerprint density at radius 3 is 1.16 bits per heavy atom. The zero-order chi connectivity index (χ0) is 32.7. The van der Waals surface area contributed by atoms with Crippen molar-refractivity contribution in [1.29, 1.82) is 0 Å². The van der Waals surface area contributed by atoms with Crippen molar-refractivity contribution in [3.63, 3.8) is 0 Å². The molecular formula is C40H50N2O2P+. The van der Waals surface area contributed by atoms with Crippen LogP contribution in [0.15, 0.2) is 84.9 Å². The van der Waals surface area contributed by atoms with Gasteiger partial charge in [-0.1, -0.05) is 132 Å². The van der Waals surface area contributed by atoms with Crippen LogP contribution in [0, 0.1) is 0 Å². The van der Waals surface area contributed by atoms with E-state index in [0.717, 1.165) is 34.2 Å². The van der Waals surface area contributed by atoms with E-state index in [2.05, 4.69) is 177 Å². The lowest BCUT2D eigenvalue weighted by atomic mass is 9.79. The Hall–Kier alpha value is -3.49. The van der Waals surface area contributed by atoms with Crippen molar-refractivity contribution < 1.29 is 9.05 Å². The maximum Gasteiger partial charge on any atom is 0.587 e. The molecular weight excluding hydrogens is 571 g/mol. The zero-order valence-corrected chi connectivity index (χ0v) is 30.1. The number of nitrogens with zero attached hydrogens (tertiary/aromatic N) is 2. The summed E-state index contributed by atoms with van der Waals surface area (Å²) in [4.78, 5) is 0. The highest BCUT2D eigenvalue weighted by atomic mass is 31.2. The van der Waals surface area contributed by atoms with E-state index in [1.165, 1.54) is 22.3 Å². The molecule has 0 saturated heterocycles. The van der Waals surface area contributed by atoms with Crippen molar-refractivity contribution in [1.82, 2.24) is 0 Å². The summed E-state index contributed by atoms with van der Waals surface area (Å²) >= 11 is 0. The van der Waals surface area contributed by atoms with Crippen LogP contribution < -0.4 is 18.4 Å². The third-order valence-electron chi connectivity index (χ3n) is 8.87. The lowest BCUT2D eigenvalue weighted by Gasteiger charge is -2.30. The first-order valence-electron chi connectivity index (χ1n) is 16.2. The van der Waals surface area contributed by atoms with E-state index in [9.17, 15) is 0 Å². The van der Waals surface area contributed by atoms with Gasteiger partial charge in [-0.05, 0) is 69.2 Å². The highest BCUT2D eigenvalue weighted by molar-refractivity contribution is 7.72. The number of hydrogen-bond acceptors (Lipinski definition) is 4. The first kappa shape index (κ1) is 31.5. The third kappa shape index (κ3) is 5.30. The molecule has 0 unspecified atom stereocenters. The molecule has 4 aromatic rings. The van der Waals surface area contributed by atoms with Gasteiger partial charge in [0, 0.05) is 11.1 Å². The summed E-state index contributed by atoms with van der Waals surface area (Å²) in [5.41, 5.74) is 8.82. The fourth-order valence-corrected chi connectivity index (χ4v) is 9.30. The van der Waals surface area contributed by atoms with Gasteiger partial charge in [0.25, 0.3) is 0 Å². The maximum atomic E-state index is 7.53. The Kier molecular flexibility index (Phi) is 7.18. The van der Waals surface area contributed by atoms with Gasteiger partial charge in [0.15, 0.2) is 0 Å². The molecule has 2 heterocycles. The van der Waals surface area contributed by atoms with Crippen LogP contribution in [0.3, 0.4) is 0 Å². The van der Waals surface area contributed by atoms with Crippen molar-refractivity contribution in [3.8, 4) is 11.5 Å². The van der Waals surface area contributed by atoms with E-state index >= 15 is 0 Å². The monoisotopic (exact) mass is 621 g/mol. The second-order valence-corrected chi connectivity index (χ2v) is 18.9. The molecule has 0 atom stereocenters. The summed E-state index contributed by atoms with van der Waals surface area (Å²) < 4.78 is 19.8. The van der Waals surface area contributed by atoms with E-state index in [-0.39, 0.29) is 21.7 Å². The van der Waals surface area contributed by atoms with Gasteiger partial charge in [0.05, 0.1) is 11.4 Å². The molecule has 236 valence electrons. The summed E-state index contributed by atoms with van der Waals surface area (Å²) in [5, 5.41) is 0. The Morgan fingerprint density at radius 2 is 0.844 bits per heavy atom. The predicted octanol–water partition coefficient (Wildman–Crippen LogP) is 12.3. The molecule has 0 aliphatic carbocycles. The van der Waals surface area contributed by atoms with Gasteiger partial charge in [0.2, 0.25) is 11.5 Å². The molecule has 2 aliphatic heterocycles. The van der Waals surface area contributed by atoms with Crippen LogP contribution in [0.2, 0.25) is 0 Å². The van der Waals surface area contributed by atoms with Crippen molar-refractivity contribution in [2.45, 2.75) is 105 Å². The fourth-order valence-electron chi connectivity index (χ4n) is 6.20. The quantitative estimate of drug-likeness (QED) is 0.213. The number of para-hydroxylation sites is 2. The highest BCUT2D eigenvalue weighted by Crippen LogP contribution is 2.83. The third-order valence-corrected chi connectivity index (χ3v) is 11.6. The Morgan fingerprint density at radius 1 is 0.489 bits per heavy atom. The summed E-state index contributed by atoms with van der Waals surface area (Å²) in [7, 11) is -3.10. The number of hydrogen-bond donors (Lipinski definition) is 0. The minimum absolute atomic E-state index is 0.0511. The first-order chi connectivity index (χ1) is 20.8. The molecule has 0 fully saturated rings. The lowest BCUT2D eigenvalue weighted by Crippen LogP contribution is -2.30. The Labute approximate surface area is 272 Å². The maximum absolute atomic E-state index is 7.53. The van der Waals surface area contributed by atoms with E-state index in [0.29, 0.717) is 0 Å². The largest absolute Gasteiger partial charge is 0.587 e. The number of rotatable bonds is 3. The van der Waals surface area contributed by atoms with Gasteiger partial charge in [-0.2, -0.15) is 0 Å². The summed E-state index contributed by atoms with van der Waals surface area (Å²) in [6, 6.07) is 30.6. The van der Waals surface area contributed by atoms with Crippen LogP contribution in [-0.2, 0) is 21.7 Å². The molecule has 0 radical (unpaired) electrons. The first-order valence-corrected chi connectivity index (χ1v) is 17.7. The minimum atomic E-state index is -3.10. The molecule has 4 aromatic carbocycles. The van der Waals surface area contributed by atoms with Crippen molar-refractivity contribution in [2.24, 2.45) is 0 Å². The van der Waals surface area contributed by atoms with Crippen LogP contribution in [0.1, 0.15) is 105 Å². The number of benzene rings is 4. The molecule has 45 heavy (non-hydrogen) atoms. The fraction of sp³-hybridized carbons (Fsp3) is 0.400. The van der Waals surface area contributed by atoms with E-state index in [4.69, 9.17) is 9.05 Å². The van der Waals surface area contributed by atoms with Crippen LogP contribution in [-0.4, -0.2) is 0 Å². The second kappa shape index (κ2) is 10.3. The van der Waals surface area contributed by atoms with Gasteiger partial charge in [-0.3, -0.25) is 9.05 Å². The SMILES string of the molecule is CC(C)(C)c1cc2c(c(C(C)(C)C)c1)O[P+]1(N(c3ccccc3)c3ccccc3)Oc3c(cc(C(C)(C)C)cc3C(C)(C)C)N21. The van der Waals surface area contributed by atoms with Gasteiger partial charge in [0.1, 0.15) is 11.4 Å². The van der Waals surface area contributed by atoms with Crippen molar-refractivity contribution >= 4 is 30.8 Å². The summed E-state index contributed by atoms with van der Waals surface area (Å²) in [6.45, 7) is 27.5. The van der Waals surface area contributed by atoms with Crippen molar-refractivity contribution in [2.75, 3.05) is 9.34 Å². The van der Waals surface area contributed by atoms with Crippen LogP contribution >= 0.6 is 8.02 Å². The molecule has 5 heteroatoms. The van der Waals surface area contributed by atoms with Gasteiger partial charge < -0.3 is 0 Å². The summed E-state index contributed by atoms with van der Waals surface area (Å²) in [5.74, 6) is 1.84. The zero-order valence-electron chi connectivity index (χ0n) is 29.2. The standard InChI is InChI=1S/C40H50N2O2P/c1-37(2,3)27-23-31(39(7,8)9)35-33(25-27)42-34-26-28(38(4,5)6)24-32(40(10,11)12)36(34)44-45(42,43-35)41(29-19-15-13-16-20-29)30-21-17-14-18-22-30/h13-26H,1-12H3/q+1. The summed E-state index contributed by atoms with van der Waals surface area (Å²) in [6.07, 6.45) is 0. The number of anilines is 4. The van der Waals surface area contributed by atoms with E-state index in [1.807, 2.05) is 0 Å². The predicted molar refractivity (Wildman–Crippen MR) is 193 cm³/mol. The molecule has 2 aliphatic rings. The molecule has 0 amide bonds. The van der Waals surface area contributed by atoms with Crippen LogP contribution in [0.5, 0.6) is 11.5 Å². The molecule has 4 nitrogen and oxygen atoms in total. The molecule has 0 aromatic heterocycles. The Bertz CT molecular complexity index is 1610. The smallest absolute Gasteiger partial charge is 0.261 e.